The average molecular weight is 1110 g/mol. The number of ether oxygens (including phenoxy) is 4. The minimum absolute atomic E-state index is 0.0184. The fourth-order valence-corrected chi connectivity index (χ4v) is 10.6. The summed E-state index contributed by atoms with van der Waals surface area (Å²) in [6.07, 6.45) is 0. The van der Waals surface area contributed by atoms with Crippen LogP contribution in [-0.2, 0) is 20.2 Å². The normalized spacial score (nSPS) is 12.0. The van der Waals surface area contributed by atoms with E-state index in [-0.39, 0.29) is 88.3 Å². The summed E-state index contributed by atoms with van der Waals surface area (Å²) in [4.78, 5) is 27.9. The van der Waals surface area contributed by atoms with Gasteiger partial charge in [-0.1, -0.05) is 22.7 Å². The zero-order valence-corrected chi connectivity index (χ0v) is 45.1. The number of hydrogen-bond acceptors (Lipinski definition) is 26. The third kappa shape index (κ3) is 12.7. The van der Waals surface area contributed by atoms with E-state index in [1.54, 1.807) is 29.2 Å². The smallest absolute Gasteiger partial charge is 0.298 e. The number of azo groups is 2. The van der Waals surface area contributed by atoms with E-state index in [0.717, 1.165) is 22.7 Å². The van der Waals surface area contributed by atoms with Crippen molar-refractivity contribution in [3.05, 3.63) is 48.5 Å². The second-order valence-electron chi connectivity index (χ2n) is 15.7. The first-order chi connectivity index (χ1) is 35.9. The number of nitrogens with zero attached hydrogens (tertiary/aromatic N) is 12. The molecule has 0 aliphatic heterocycles. The maximum absolute atomic E-state index is 12.1. The second-order valence-corrected chi connectivity index (χ2v) is 20.5. The molecule has 0 saturated carbocycles. The van der Waals surface area contributed by atoms with Crippen LogP contribution in [0.5, 0.6) is 23.0 Å². The van der Waals surface area contributed by atoms with Crippen molar-refractivity contribution in [1.29, 1.82) is 0 Å². The lowest BCUT2D eigenvalue weighted by atomic mass is 10.2. The van der Waals surface area contributed by atoms with Crippen LogP contribution < -0.4 is 44.3 Å². The van der Waals surface area contributed by atoms with Gasteiger partial charge in [-0.2, -0.15) is 31.8 Å². The molecule has 0 saturated heterocycles. The number of rotatable bonds is 25. The van der Waals surface area contributed by atoms with Gasteiger partial charge in [0, 0.05) is 63.5 Å². The molecule has 26 nitrogen and oxygen atoms in total. The molecule has 3 heterocycles. The highest BCUT2D eigenvalue weighted by Gasteiger charge is 2.24. The lowest BCUT2D eigenvalue weighted by Crippen LogP contribution is -2.31. The van der Waals surface area contributed by atoms with Crippen LogP contribution in [0.3, 0.4) is 0 Å². The minimum atomic E-state index is -4.65. The molecule has 0 fully saturated rings. The first-order valence-corrected chi connectivity index (χ1v) is 27.4. The zero-order chi connectivity index (χ0) is 54.2. The van der Waals surface area contributed by atoms with Gasteiger partial charge in [-0.25, -0.2) is 9.97 Å². The molecule has 0 radical (unpaired) electrons. The molecule has 0 atom stereocenters. The van der Waals surface area contributed by atoms with Gasteiger partial charge in [0.05, 0.1) is 84.8 Å². The predicted molar refractivity (Wildman–Crippen MR) is 286 cm³/mol. The van der Waals surface area contributed by atoms with Crippen LogP contribution in [0, 0.1) is 0 Å². The third-order valence-corrected chi connectivity index (χ3v) is 14.9. The van der Waals surface area contributed by atoms with Crippen molar-refractivity contribution in [3.8, 4) is 23.0 Å². The van der Waals surface area contributed by atoms with Crippen molar-refractivity contribution in [2.24, 2.45) is 20.5 Å². The summed E-state index contributed by atoms with van der Waals surface area (Å²) in [6.45, 7) is 9.83. The van der Waals surface area contributed by atoms with Crippen molar-refractivity contribution in [1.82, 2.24) is 24.9 Å². The van der Waals surface area contributed by atoms with Crippen LogP contribution >= 0.6 is 22.7 Å². The molecular formula is C45H54N14O12S4. The molecule has 75 heavy (non-hydrogen) atoms. The Morgan fingerprint density at radius 3 is 1.24 bits per heavy atom. The molecule has 6 N–H and O–H groups in total. The van der Waals surface area contributed by atoms with Gasteiger partial charge in [-0.15, -0.1) is 20.5 Å². The molecule has 0 spiro atoms. The first-order valence-electron chi connectivity index (χ1n) is 22.9. The Morgan fingerprint density at radius 1 is 0.520 bits per heavy atom. The Balaban J connectivity index is 1.36. The predicted octanol–water partition coefficient (Wildman–Crippen LogP) is 8.42. The Bertz CT molecular complexity index is 3260. The number of anilines is 7. The SMILES string of the molecule is CCN(CC)c1cc(Nc2nc(Nc3cc(N(CC)CC)c(OC)cc3N=Nc3nc4cc(S(=O)(=O)O)c(OC)cc4s3)nc(N(CCO)CCO)n2)c(N=Nc2nc3cc(S(=O)(=O)O)c(OC)cc3s2)cc1OC. The highest BCUT2D eigenvalue weighted by Crippen LogP contribution is 2.44. The molecule has 0 amide bonds. The van der Waals surface area contributed by atoms with E-state index in [9.17, 15) is 36.2 Å². The molecule has 4 aromatic carbocycles. The van der Waals surface area contributed by atoms with Crippen molar-refractivity contribution >= 4 is 126 Å². The van der Waals surface area contributed by atoms with E-state index >= 15 is 0 Å². The van der Waals surface area contributed by atoms with Gasteiger partial charge < -0.3 is 54.5 Å². The van der Waals surface area contributed by atoms with Crippen LogP contribution in [-0.4, -0.2) is 142 Å². The van der Waals surface area contributed by atoms with Gasteiger partial charge in [0.25, 0.3) is 20.2 Å². The van der Waals surface area contributed by atoms with Crippen LogP contribution in [0.25, 0.3) is 20.4 Å². The molecule has 0 bridgehead atoms. The molecule has 0 aliphatic rings. The van der Waals surface area contributed by atoms with E-state index in [1.165, 1.54) is 52.7 Å². The van der Waals surface area contributed by atoms with Gasteiger partial charge in [0.2, 0.25) is 28.1 Å². The summed E-state index contributed by atoms with van der Waals surface area (Å²) >= 11 is 2.19. The Labute approximate surface area is 439 Å². The van der Waals surface area contributed by atoms with Crippen LogP contribution in [0.4, 0.5) is 62.2 Å². The fraction of sp³-hybridized carbons (Fsp3) is 0.356. The number of methoxy groups -OCH3 is 4. The van der Waals surface area contributed by atoms with Crippen LogP contribution in [0.1, 0.15) is 27.7 Å². The van der Waals surface area contributed by atoms with E-state index in [2.05, 4.69) is 50.9 Å². The Hall–Kier alpha value is -7.19. The lowest BCUT2D eigenvalue weighted by molar-refractivity contribution is 0.280. The van der Waals surface area contributed by atoms with Crippen LogP contribution in [0.15, 0.2) is 78.8 Å². The van der Waals surface area contributed by atoms with Gasteiger partial charge in [0.15, 0.2) is 0 Å². The number of benzene rings is 4. The maximum atomic E-state index is 12.1. The molecular weight excluding hydrogens is 1060 g/mol. The number of fused-ring (bicyclic) bond motifs is 2. The van der Waals surface area contributed by atoms with E-state index in [0.29, 0.717) is 69.8 Å². The fourth-order valence-electron chi connectivity index (χ4n) is 7.69. The minimum Gasteiger partial charge on any atom is -0.495 e. The number of nitrogens with one attached hydrogen (secondary N) is 2. The molecule has 7 aromatic rings. The molecule has 400 valence electrons. The summed E-state index contributed by atoms with van der Waals surface area (Å²) in [6, 6.07) is 12.1. The summed E-state index contributed by atoms with van der Waals surface area (Å²) < 4.78 is 91.3. The summed E-state index contributed by atoms with van der Waals surface area (Å²) in [5.74, 6) is 0.783. The zero-order valence-electron chi connectivity index (χ0n) is 41.8. The summed E-state index contributed by atoms with van der Waals surface area (Å²) in [5.41, 5.74) is 2.99. The number of aliphatic hydroxyl groups is 2. The van der Waals surface area contributed by atoms with Crippen molar-refractivity contribution in [2.75, 3.05) is 106 Å². The standard InChI is InChI=1S/C45H54N14O12S4/c1-9-57(10-2)31-17-25(27(19-33(31)68-5)53-55-44-48-29-21-39(74(62,63)64)35(70-7)23-37(29)72-44)46-41-50-42(52-43(51-41)59(13-15-60)14-16-61)47-26-18-32(58(11-3)12-4)34(69-6)20-28(26)54-56-45-49-30-22-40(75(65,66)67)36(71-8)24-38(30)73-45/h17-24,60-61H,9-16H2,1-8H3,(H,62,63,64)(H,65,66,67)(H2,46,47,50,51,52). The van der Waals surface area contributed by atoms with Crippen molar-refractivity contribution in [2.45, 2.75) is 37.5 Å². The molecule has 0 unspecified atom stereocenters. The van der Waals surface area contributed by atoms with E-state index in [1.807, 2.05) is 27.7 Å². The first kappa shape index (κ1) is 55.6. The van der Waals surface area contributed by atoms with Gasteiger partial charge in [0.1, 0.15) is 44.2 Å². The Kier molecular flexibility index (Phi) is 17.8. The number of thiazole rings is 2. The highest BCUT2D eigenvalue weighted by molar-refractivity contribution is 7.86. The summed E-state index contributed by atoms with van der Waals surface area (Å²) in [5, 5.41) is 45.0. The highest BCUT2D eigenvalue weighted by atomic mass is 32.2. The molecule has 30 heteroatoms. The third-order valence-electron chi connectivity index (χ3n) is 11.3. The second kappa shape index (κ2) is 24.0. The van der Waals surface area contributed by atoms with E-state index < -0.39 is 30.0 Å². The Morgan fingerprint density at radius 2 is 0.907 bits per heavy atom. The molecule has 7 rings (SSSR count). The van der Waals surface area contributed by atoms with Crippen molar-refractivity contribution in [3.63, 3.8) is 0 Å². The average Bonchev–Trinajstić information content (AvgIpc) is 4.00. The number of hydrogen-bond donors (Lipinski definition) is 6. The molecule has 3 aromatic heterocycles. The van der Waals surface area contributed by atoms with Crippen molar-refractivity contribution < 1.29 is 55.1 Å². The largest absolute Gasteiger partial charge is 0.495 e. The van der Waals surface area contributed by atoms with Gasteiger partial charge in [-0.3, -0.25) is 9.11 Å². The molecule has 0 aliphatic carbocycles. The monoisotopic (exact) mass is 1110 g/mol. The van der Waals surface area contributed by atoms with Crippen LogP contribution in [0.2, 0.25) is 0 Å². The van der Waals surface area contributed by atoms with E-state index in [4.69, 9.17) is 33.9 Å². The topological polar surface area (TPSA) is 334 Å². The lowest BCUT2D eigenvalue weighted by Gasteiger charge is -2.25. The van der Waals surface area contributed by atoms with Gasteiger partial charge in [-0.05, 0) is 52.0 Å². The summed E-state index contributed by atoms with van der Waals surface area (Å²) in [7, 11) is -3.69. The number of aromatic nitrogens is 5. The quantitative estimate of drug-likeness (QED) is 0.0231. The van der Waals surface area contributed by atoms with Gasteiger partial charge >= 0.3 is 0 Å². The number of aliphatic hydroxyl groups excluding tert-OH is 2. The maximum Gasteiger partial charge on any atom is 0.298 e.